The van der Waals surface area contributed by atoms with Gasteiger partial charge in [0.1, 0.15) is 11.6 Å². The number of rotatable bonds is 20. The lowest BCUT2D eigenvalue weighted by molar-refractivity contribution is 0.278. The minimum Gasteiger partial charge on any atom is -0.392 e. The standard InChI is InChI=1S/C22H31NO2.2C21H29NO2.C21H29NO.C20H25F2NO/c1-7-8-9-23-13-17(10-16(3)21(23)25)19-11-15(2)20(22(4,5)6)12-18(19)14-24;1-7-8-22-12-16(9-15(3)20(22)24)18-10-14(2)19(21(4,5)6)11-17(18)13-23;1-7-8-22-12-17(10-15(3)20(22)24)16-9-14(2)19(21(4,5)6)18(11-16)13-23;1-7-8-11-22-14-18(13-16(3)20(22)23)17-9-10-19(15(2)12-17)21(4,5)6;1-7-8-23-11-15(12(2)13(3)19(23)24)14-9-16(21)18(17(22)10-14)20(4,5)6/h10-13,24H,7-9,14H2,1-6H3;2*9-12,23H,7-8,13H2,1-6H3;9-10,12-14H,7-8,11H2,1-6H3;9-11H,7-8H2,1-6H3. The van der Waals surface area contributed by atoms with Crippen molar-refractivity contribution in [1.82, 2.24) is 22.8 Å². The molecule has 0 spiro atoms. The van der Waals surface area contributed by atoms with Crippen molar-refractivity contribution in [2.45, 2.75) is 332 Å². The minimum absolute atomic E-state index is 0.00811. The zero-order chi connectivity index (χ0) is 90.3. The van der Waals surface area contributed by atoms with Crippen LogP contribution in [0.5, 0.6) is 0 Å². The summed E-state index contributed by atoms with van der Waals surface area (Å²) in [7, 11) is 0. The van der Waals surface area contributed by atoms with Crippen molar-refractivity contribution >= 4 is 0 Å². The highest BCUT2D eigenvalue weighted by Crippen LogP contribution is 2.39. The number of unbranched alkanes of at least 4 members (excludes halogenated alkanes) is 2. The first-order valence-electron chi connectivity index (χ1n) is 43.3. The van der Waals surface area contributed by atoms with Crippen molar-refractivity contribution in [1.29, 1.82) is 0 Å². The maximum atomic E-state index is 14.5. The molecule has 5 heterocycles. The third-order valence-corrected chi connectivity index (χ3v) is 22.4. The first-order chi connectivity index (χ1) is 55.9. The first kappa shape index (κ1) is 99.4. The van der Waals surface area contributed by atoms with Gasteiger partial charge < -0.3 is 38.2 Å². The van der Waals surface area contributed by atoms with Gasteiger partial charge in [-0.05, 0) is 288 Å². The van der Waals surface area contributed by atoms with Crippen molar-refractivity contribution in [3.63, 3.8) is 0 Å². The van der Waals surface area contributed by atoms with Gasteiger partial charge >= 0.3 is 0 Å². The third-order valence-electron chi connectivity index (χ3n) is 22.4. The Kier molecular flexibility index (Phi) is 34.7. The van der Waals surface area contributed by atoms with Crippen LogP contribution in [0.1, 0.15) is 284 Å². The van der Waals surface area contributed by atoms with Crippen LogP contribution in [0.25, 0.3) is 55.6 Å². The van der Waals surface area contributed by atoms with Gasteiger partial charge in [0.25, 0.3) is 27.8 Å². The molecule has 0 radical (unpaired) electrons. The molecule has 3 N–H and O–H groups in total. The van der Waals surface area contributed by atoms with E-state index >= 15 is 0 Å². The molecule has 10 rings (SSSR count). The second-order valence-corrected chi connectivity index (χ2v) is 38.2. The minimum atomic E-state index is -0.612. The summed E-state index contributed by atoms with van der Waals surface area (Å²) in [5.41, 5.74) is 26.7. The van der Waals surface area contributed by atoms with Crippen LogP contribution in [0.4, 0.5) is 8.78 Å². The van der Waals surface area contributed by atoms with Crippen LogP contribution in [0.2, 0.25) is 0 Å². The molecule has 120 heavy (non-hydrogen) atoms. The van der Waals surface area contributed by atoms with Gasteiger partial charge in [-0.25, -0.2) is 8.78 Å². The Hall–Kier alpha value is -9.41. The van der Waals surface area contributed by atoms with Gasteiger partial charge in [-0.3, -0.25) is 24.0 Å². The van der Waals surface area contributed by atoms with Crippen LogP contribution >= 0.6 is 0 Å². The van der Waals surface area contributed by atoms with E-state index in [9.17, 15) is 48.1 Å². The van der Waals surface area contributed by atoms with Crippen LogP contribution < -0.4 is 27.8 Å². The molecule has 0 atom stereocenters. The molecule has 5 aromatic heterocycles. The quantitative estimate of drug-likeness (QED) is 0.0677. The van der Waals surface area contributed by atoms with Crippen LogP contribution in [0, 0.1) is 80.9 Å². The Morgan fingerprint density at radius 1 is 0.275 bits per heavy atom. The SMILES string of the molecule is CCCCn1cc(-c2cc(C)c(C(C)(C)C)cc2CO)cc(C)c1=O.CCCCn1cc(-c2ccc(C(C)(C)C)c(C)c2)cc(C)c1=O.CCCn1cc(-c2cc(C)c(C(C)(C)C)c(CO)c2)cc(C)c1=O.CCCn1cc(-c2cc(C)c(C(C)(C)C)cc2CO)cc(C)c1=O.CCCn1cc(-c2cc(F)c(C(C)(C)C)c(F)c2)c(C)c(C)c1=O. The largest absolute Gasteiger partial charge is 0.392 e. The molecule has 650 valence electrons. The summed E-state index contributed by atoms with van der Waals surface area (Å²) in [6.07, 6.45) is 16.3. The summed E-state index contributed by atoms with van der Waals surface area (Å²) in [6.45, 7) is 65.2. The van der Waals surface area contributed by atoms with Crippen LogP contribution in [-0.2, 0) is 79.6 Å². The van der Waals surface area contributed by atoms with E-state index in [0.29, 0.717) is 29.8 Å². The summed E-state index contributed by atoms with van der Waals surface area (Å²) in [5.74, 6) is -1.11. The van der Waals surface area contributed by atoms with Crippen molar-refractivity contribution in [3.05, 3.63) is 286 Å². The predicted octanol–water partition coefficient (Wildman–Crippen LogP) is 23.7. The molecule has 0 unspecified atom stereocenters. The second-order valence-electron chi connectivity index (χ2n) is 38.2. The van der Waals surface area contributed by atoms with E-state index in [-0.39, 0.29) is 74.8 Å². The predicted molar refractivity (Wildman–Crippen MR) is 500 cm³/mol. The second kappa shape index (κ2) is 41.9. The lowest BCUT2D eigenvalue weighted by atomic mass is 9.80. The van der Waals surface area contributed by atoms with Gasteiger partial charge in [-0.1, -0.05) is 200 Å². The maximum absolute atomic E-state index is 14.5. The monoisotopic (exact) mass is 1640 g/mol. The van der Waals surface area contributed by atoms with E-state index in [0.717, 1.165) is 148 Å². The summed E-state index contributed by atoms with van der Waals surface area (Å²) in [6, 6.07) is 29.9. The van der Waals surface area contributed by atoms with Gasteiger partial charge in [0.05, 0.1) is 19.8 Å². The van der Waals surface area contributed by atoms with Crippen molar-refractivity contribution in [2.24, 2.45) is 0 Å². The van der Waals surface area contributed by atoms with Crippen molar-refractivity contribution in [3.8, 4) is 55.6 Å². The van der Waals surface area contributed by atoms with Gasteiger partial charge in [0.2, 0.25) is 0 Å². The fourth-order valence-electron chi connectivity index (χ4n) is 16.4. The van der Waals surface area contributed by atoms with Crippen LogP contribution in [0.15, 0.2) is 146 Å². The number of aromatic nitrogens is 5. The summed E-state index contributed by atoms with van der Waals surface area (Å²) < 4.78 is 37.9. The Labute approximate surface area is 716 Å². The number of pyridine rings is 5. The van der Waals surface area contributed by atoms with E-state index < -0.39 is 17.0 Å². The maximum Gasteiger partial charge on any atom is 0.253 e. The topological polar surface area (TPSA) is 171 Å². The Morgan fingerprint density at radius 3 is 0.942 bits per heavy atom. The Bertz CT molecular complexity index is 5550. The Morgan fingerprint density at radius 2 is 0.600 bits per heavy atom. The van der Waals surface area contributed by atoms with Crippen molar-refractivity contribution in [2.75, 3.05) is 0 Å². The van der Waals surface area contributed by atoms with Gasteiger partial charge in [0, 0.05) is 103 Å². The highest BCUT2D eigenvalue weighted by molar-refractivity contribution is 5.73. The van der Waals surface area contributed by atoms with Gasteiger partial charge in [0.15, 0.2) is 0 Å². The zero-order valence-electron chi connectivity index (χ0n) is 78.5. The third kappa shape index (κ3) is 24.9. The van der Waals surface area contributed by atoms with E-state index in [1.807, 2.05) is 99.7 Å². The molecule has 5 aromatic carbocycles. The van der Waals surface area contributed by atoms with E-state index in [1.165, 1.54) is 62.2 Å². The lowest BCUT2D eigenvalue weighted by Gasteiger charge is -2.26. The summed E-state index contributed by atoms with van der Waals surface area (Å²) in [5, 5.41) is 29.7. The number of nitrogens with zero attached hydrogens (tertiary/aromatic N) is 5. The summed E-state index contributed by atoms with van der Waals surface area (Å²) in [4.78, 5) is 61.5. The average Bonchev–Trinajstić information content (AvgIpc) is 0.771. The normalized spacial score (nSPS) is 11.8. The molecule has 15 heteroatoms. The van der Waals surface area contributed by atoms with E-state index in [1.54, 1.807) is 47.6 Å². The van der Waals surface area contributed by atoms with Crippen LogP contribution in [-0.4, -0.2) is 38.2 Å². The molecule has 0 aliphatic rings. The lowest BCUT2D eigenvalue weighted by Crippen LogP contribution is -2.23. The molecule has 13 nitrogen and oxygen atoms in total. The van der Waals surface area contributed by atoms with Gasteiger partial charge in [-0.15, -0.1) is 0 Å². The smallest absolute Gasteiger partial charge is 0.253 e. The average molecular weight is 1640 g/mol. The highest BCUT2D eigenvalue weighted by atomic mass is 19.1. The number of benzene rings is 5. The van der Waals surface area contributed by atoms with E-state index in [4.69, 9.17) is 0 Å². The molecular weight excluding hydrogens is 1500 g/mol. The molecule has 0 aliphatic carbocycles. The van der Waals surface area contributed by atoms with Gasteiger partial charge in [-0.2, -0.15) is 0 Å². The molecule has 0 amide bonds. The molecule has 0 saturated heterocycles. The number of hydrogen-bond acceptors (Lipinski definition) is 8. The highest BCUT2D eigenvalue weighted by Gasteiger charge is 2.28. The molecular formula is C105H143F2N5O8. The number of aryl methyl sites for hydroxylation is 13. The summed E-state index contributed by atoms with van der Waals surface area (Å²) >= 11 is 0. The fourth-order valence-corrected chi connectivity index (χ4v) is 16.4. The van der Waals surface area contributed by atoms with Crippen LogP contribution in [0.3, 0.4) is 0 Å². The van der Waals surface area contributed by atoms with Crippen molar-refractivity contribution < 1.29 is 24.1 Å². The Balaban J connectivity index is 0.000000233. The fraction of sp³-hybridized carbons (Fsp3) is 0.476. The molecule has 10 aromatic rings. The first-order valence-corrected chi connectivity index (χ1v) is 43.3. The number of halogens is 2. The molecule has 0 bridgehead atoms. The number of aliphatic hydroxyl groups excluding tert-OH is 3. The number of hydrogen-bond donors (Lipinski definition) is 3. The van der Waals surface area contributed by atoms with E-state index in [2.05, 4.69) is 193 Å². The molecule has 0 aliphatic heterocycles. The zero-order valence-corrected chi connectivity index (χ0v) is 78.5. The number of aliphatic hydroxyl groups is 3. The molecule has 0 fully saturated rings. The molecule has 0 saturated carbocycles.